The van der Waals surface area contributed by atoms with E-state index in [1.807, 2.05) is 24.3 Å². The largest absolute Gasteiger partial charge is 0.350 e. The molecule has 0 saturated heterocycles. The zero-order chi connectivity index (χ0) is 17.5. The van der Waals surface area contributed by atoms with Crippen molar-refractivity contribution in [2.24, 2.45) is 0 Å². The van der Waals surface area contributed by atoms with E-state index in [0.29, 0.717) is 23.2 Å². The van der Waals surface area contributed by atoms with E-state index >= 15 is 0 Å². The molecule has 0 bridgehead atoms. The monoisotopic (exact) mass is 358 g/mol. The zero-order valence-corrected chi connectivity index (χ0v) is 14.9. The van der Waals surface area contributed by atoms with Crippen LogP contribution in [0.15, 0.2) is 36.5 Å². The van der Waals surface area contributed by atoms with E-state index < -0.39 is 0 Å². The number of hydrogen-bond donors (Lipinski definition) is 2. The van der Waals surface area contributed by atoms with Crippen LogP contribution in [0.5, 0.6) is 0 Å². The Morgan fingerprint density at radius 2 is 1.88 bits per heavy atom. The maximum Gasteiger partial charge on any atom is 0.270 e. The van der Waals surface area contributed by atoms with Gasteiger partial charge in [-0.25, -0.2) is 9.97 Å². The van der Waals surface area contributed by atoms with Gasteiger partial charge in [-0.15, -0.1) is 0 Å². The van der Waals surface area contributed by atoms with E-state index in [4.69, 9.17) is 11.6 Å². The lowest BCUT2D eigenvalue weighted by atomic mass is 10.1. The molecule has 2 N–H and O–H groups in total. The highest BCUT2D eigenvalue weighted by Gasteiger charge is 2.17. The fourth-order valence-corrected chi connectivity index (χ4v) is 3.27. The Kier molecular flexibility index (Phi) is 6.23. The molecule has 1 amide bonds. The Bertz CT molecular complexity index is 714. The predicted octanol–water partition coefficient (Wildman–Crippen LogP) is 4.19. The Hall–Kier alpha value is -2.14. The summed E-state index contributed by atoms with van der Waals surface area (Å²) in [6.45, 7) is 0.507. The number of hydrogen-bond acceptors (Lipinski definition) is 4. The normalized spacial score (nSPS) is 15.4. The predicted molar refractivity (Wildman–Crippen MR) is 99.8 cm³/mol. The van der Waals surface area contributed by atoms with E-state index in [1.54, 1.807) is 12.3 Å². The maximum atomic E-state index is 12.5. The first-order valence-corrected chi connectivity index (χ1v) is 9.21. The van der Waals surface area contributed by atoms with Crippen LogP contribution < -0.4 is 10.6 Å². The number of anilines is 1. The Balaban J connectivity index is 1.60. The number of nitrogens with zero attached hydrogens (tertiary/aromatic N) is 2. The molecule has 25 heavy (non-hydrogen) atoms. The highest BCUT2D eigenvalue weighted by Crippen LogP contribution is 2.18. The molecular weight excluding hydrogens is 336 g/mol. The second kappa shape index (κ2) is 8.81. The van der Waals surface area contributed by atoms with Crippen molar-refractivity contribution in [1.29, 1.82) is 0 Å². The fraction of sp³-hybridized carbons (Fsp3) is 0.421. The quantitative estimate of drug-likeness (QED) is 0.786. The lowest BCUT2D eigenvalue weighted by Gasteiger charge is -2.16. The van der Waals surface area contributed by atoms with Crippen molar-refractivity contribution in [2.45, 2.75) is 51.1 Å². The molecule has 0 spiro atoms. The highest BCUT2D eigenvalue weighted by molar-refractivity contribution is 6.31. The first kappa shape index (κ1) is 17.7. The highest BCUT2D eigenvalue weighted by atomic mass is 35.5. The van der Waals surface area contributed by atoms with Crippen molar-refractivity contribution in [1.82, 2.24) is 15.3 Å². The number of nitrogens with one attached hydrogen (secondary N) is 2. The van der Waals surface area contributed by atoms with Gasteiger partial charge in [0.2, 0.25) is 5.95 Å². The fourth-order valence-electron chi connectivity index (χ4n) is 3.07. The first-order chi connectivity index (χ1) is 12.2. The summed E-state index contributed by atoms with van der Waals surface area (Å²) >= 11 is 6.15. The maximum absolute atomic E-state index is 12.5. The minimum atomic E-state index is -0.130. The molecule has 0 unspecified atom stereocenters. The van der Waals surface area contributed by atoms with E-state index in [-0.39, 0.29) is 11.9 Å². The van der Waals surface area contributed by atoms with Gasteiger partial charge in [0, 0.05) is 23.8 Å². The van der Waals surface area contributed by atoms with Crippen LogP contribution in [0.25, 0.3) is 0 Å². The lowest BCUT2D eigenvalue weighted by Crippen LogP contribution is -2.35. The smallest absolute Gasteiger partial charge is 0.270 e. The molecule has 0 atom stereocenters. The minimum Gasteiger partial charge on any atom is -0.350 e. The molecule has 1 aliphatic rings. The molecule has 5 nitrogen and oxygen atoms in total. The molecule has 1 fully saturated rings. The topological polar surface area (TPSA) is 66.9 Å². The van der Waals surface area contributed by atoms with Crippen LogP contribution in [0.2, 0.25) is 5.02 Å². The van der Waals surface area contributed by atoms with Crippen molar-refractivity contribution in [3.05, 3.63) is 52.8 Å². The van der Waals surface area contributed by atoms with E-state index in [9.17, 15) is 4.79 Å². The van der Waals surface area contributed by atoms with Gasteiger partial charge in [-0.2, -0.15) is 0 Å². The number of carbonyl (C=O) groups excluding carboxylic acids is 1. The summed E-state index contributed by atoms with van der Waals surface area (Å²) in [5.74, 6) is 0.295. The molecule has 2 aromatic rings. The van der Waals surface area contributed by atoms with Gasteiger partial charge in [0.15, 0.2) is 0 Å². The Labute approximate surface area is 153 Å². The van der Waals surface area contributed by atoms with Crippen molar-refractivity contribution < 1.29 is 4.79 Å². The van der Waals surface area contributed by atoms with Gasteiger partial charge in [-0.05, 0) is 30.5 Å². The Morgan fingerprint density at radius 1 is 1.12 bits per heavy atom. The third-order valence-electron chi connectivity index (χ3n) is 4.47. The van der Waals surface area contributed by atoms with E-state index in [2.05, 4.69) is 20.6 Å². The number of amides is 1. The van der Waals surface area contributed by atoms with Crippen LogP contribution in [0, 0.1) is 0 Å². The van der Waals surface area contributed by atoms with Gasteiger partial charge in [0.05, 0.1) is 0 Å². The molecule has 1 saturated carbocycles. The minimum absolute atomic E-state index is 0.130. The van der Waals surface area contributed by atoms with Gasteiger partial charge < -0.3 is 10.6 Å². The number of carbonyl (C=O) groups is 1. The molecule has 3 rings (SSSR count). The third kappa shape index (κ3) is 5.16. The molecule has 132 valence electrons. The van der Waals surface area contributed by atoms with E-state index in [0.717, 1.165) is 18.4 Å². The van der Waals surface area contributed by atoms with Crippen LogP contribution in [-0.4, -0.2) is 21.9 Å². The summed E-state index contributed by atoms with van der Waals surface area (Å²) in [7, 11) is 0. The first-order valence-electron chi connectivity index (χ1n) is 8.83. The summed E-state index contributed by atoms with van der Waals surface area (Å²) in [5.41, 5.74) is 1.35. The summed E-state index contributed by atoms with van der Waals surface area (Å²) in [6, 6.07) is 9.51. The lowest BCUT2D eigenvalue weighted by molar-refractivity contribution is 0.0928. The molecule has 0 radical (unpaired) electrons. The SMILES string of the molecule is O=C(NC1CCCCCC1)c1ccnc(NCc2ccccc2Cl)n1. The van der Waals surface area contributed by atoms with Crippen LogP contribution in [0.1, 0.15) is 54.6 Å². The van der Waals surface area contributed by atoms with E-state index in [1.165, 1.54) is 25.7 Å². The summed E-state index contributed by atoms with van der Waals surface area (Å²) in [6.07, 6.45) is 8.58. The third-order valence-corrected chi connectivity index (χ3v) is 4.84. The van der Waals surface area contributed by atoms with Gasteiger partial charge in [-0.3, -0.25) is 4.79 Å². The van der Waals surface area contributed by atoms with Crippen molar-refractivity contribution in [3.63, 3.8) is 0 Å². The van der Waals surface area contributed by atoms with Crippen LogP contribution in [0.3, 0.4) is 0 Å². The van der Waals surface area contributed by atoms with Gasteiger partial charge in [-0.1, -0.05) is 55.5 Å². The number of rotatable bonds is 5. The average Bonchev–Trinajstić information content (AvgIpc) is 2.90. The Morgan fingerprint density at radius 3 is 2.64 bits per heavy atom. The van der Waals surface area contributed by atoms with Crippen molar-refractivity contribution in [3.8, 4) is 0 Å². The summed E-state index contributed by atoms with van der Waals surface area (Å²) in [5, 5.41) is 6.92. The molecule has 6 heteroatoms. The molecule has 1 aromatic heterocycles. The molecule has 1 heterocycles. The van der Waals surface area contributed by atoms with Crippen LogP contribution in [-0.2, 0) is 6.54 Å². The second-order valence-corrected chi connectivity index (χ2v) is 6.78. The molecular formula is C19H23ClN4O. The van der Waals surface area contributed by atoms with Crippen molar-refractivity contribution in [2.75, 3.05) is 5.32 Å². The van der Waals surface area contributed by atoms with Crippen molar-refractivity contribution >= 4 is 23.5 Å². The van der Waals surface area contributed by atoms with Gasteiger partial charge >= 0.3 is 0 Å². The van der Waals surface area contributed by atoms with Gasteiger partial charge in [0.25, 0.3) is 5.91 Å². The second-order valence-electron chi connectivity index (χ2n) is 6.37. The summed E-state index contributed by atoms with van der Waals surface area (Å²) in [4.78, 5) is 21.0. The number of aromatic nitrogens is 2. The van der Waals surface area contributed by atoms with Crippen LogP contribution >= 0.6 is 11.6 Å². The molecule has 1 aromatic carbocycles. The van der Waals surface area contributed by atoms with Gasteiger partial charge in [0.1, 0.15) is 5.69 Å². The van der Waals surface area contributed by atoms with Crippen LogP contribution in [0.4, 0.5) is 5.95 Å². The standard InChI is InChI=1S/C19H23ClN4O/c20-16-10-6-5-7-14(16)13-22-19-21-12-11-17(24-19)18(25)23-15-8-3-1-2-4-9-15/h5-7,10-12,15H,1-4,8-9,13H2,(H,23,25)(H,21,22,24). The molecule has 1 aliphatic carbocycles. The summed E-state index contributed by atoms with van der Waals surface area (Å²) < 4.78 is 0. The number of benzene rings is 1. The molecule has 0 aliphatic heterocycles. The zero-order valence-electron chi connectivity index (χ0n) is 14.2. The number of halogens is 1. The average molecular weight is 359 g/mol.